The van der Waals surface area contributed by atoms with E-state index in [1.54, 1.807) is 0 Å². The molecule has 6 heteroatoms. The molecule has 72 valence electrons. The van der Waals surface area contributed by atoms with E-state index in [9.17, 15) is 4.79 Å². The molecule has 1 amide bonds. The molecule has 0 bridgehead atoms. The Hall–Kier alpha value is -1.14. The molecule has 4 N–H and O–H groups in total. The van der Waals surface area contributed by atoms with Gasteiger partial charge >= 0.3 is 6.09 Å². The SMILES string of the molecule is Cc1sc(OC(N)=O)nc1CCN. The van der Waals surface area contributed by atoms with Gasteiger partial charge in [-0.05, 0) is 13.5 Å². The maximum absolute atomic E-state index is 10.4. The lowest BCUT2D eigenvalue weighted by molar-refractivity contribution is 0.210. The smallest absolute Gasteiger partial charge is 0.381 e. The van der Waals surface area contributed by atoms with Crippen LogP contribution in [0.25, 0.3) is 0 Å². The summed E-state index contributed by atoms with van der Waals surface area (Å²) in [6, 6.07) is 0. The molecular weight excluding hydrogens is 190 g/mol. The number of ether oxygens (including phenoxy) is 1. The molecule has 13 heavy (non-hydrogen) atoms. The van der Waals surface area contributed by atoms with Crippen LogP contribution in [-0.2, 0) is 6.42 Å². The highest BCUT2D eigenvalue weighted by molar-refractivity contribution is 7.13. The van der Waals surface area contributed by atoms with Gasteiger partial charge < -0.3 is 16.2 Å². The number of hydrogen-bond acceptors (Lipinski definition) is 5. The van der Waals surface area contributed by atoms with Crippen LogP contribution in [-0.4, -0.2) is 17.6 Å². The van der Waals surface area contributed by atoms with Crippen molar-refractivity contribution in [2.45, 2.75) is 13.3 Å². The molecule has 1 aromatic heterocycles. The Morgan fingerprint density at radius 1 is 1.69 bits per heavy atom. The zero-order valence-electron chi connectivity index (χ0n) is 7.24. The van der Waals surface area contributed by atoms with E-state index in [2.05, 4.69) is 9.72 Å². The van der Waals surface area contributed by atoms with Crippen molar-refractivity contribution < 1.29 is 9.53 Å². The van der Waals surface area contributed by atoms with Gasteiger partial charge in [0.05, 0.1) is 5.69 Å². The lowest BCUT2D eigenvalue weighted by Crippen LogP contribution is -2.16. The number of rotatable bonds is 3. The molecule has 5 nitrogen and oxygen atoms in total. The normalized spacial score (nSPS) is 10.0. The summed E-state index contributed by atoms with van der Waals surface area (Å²) in [6.45, 7) is 2.43. The van der Waals surface area contributed by atoms with Crippen LogP contribution in [0.3, 0.4) is 0 Å². The predicted octanol–water partition coefficient (Wildman–Crippen LogP) is 0.410. The molecule has 0 saturated carbocycles. The summed E-state index contributed by atoms with van der Waals surface area (Å²) >= 11 is 1.29. The standard InChI is InChI=1S/C7H11N3O2S/c1-4-5(2-3-8)10-7(13-4)12-6(9)11/h2-3,8H2,1H3,(H2,9,11). The molecule has 0 saturated heterocycles. The quantitative estimate of drug-likeness (QED) is 0.741. The lowest BCUT2D eigenvalue weighted by Gasteiger charge is -1.92. The van der Waals surface area contributed by atoms with Gasteiger partial charge in [-0.25, -0.2) is 9.78 Å². The summed E-state index contributed by atoms with van der Waals surface area (Å²) < 4.78 is 4.63. The Kier molecular flexibility index (Phi) is 3.21. The minimum Gasteiger partial charge on any atom is -0.381 e. The van der Waals surface area contributed by atoms with Crippen molar-refractivity contribution in [1.29, 1.82) is 0 Å². The first-order chi connectivity index (χ1) is 6.13. The van der Waals surface area contributed by atoms with Crippen molar-refractivity contribution in [2.75, 3.05) is 6.54 Å². The average molecular weight is 201 g/mol. The minimum atomic E-state index is -0.840. The second kappa shape index (κ2) is 4.20. The third-order valence-corrected chi connectivity index (χ3v) is 2.33. The van der Waals surface area contributed by atoms with Gasteiger partial charge in [0, 0.05) is 11.3 Å². The zero-order chi connectivity index (χ0) is 9.84. The summed E-state index contributed by atoms with van der Waals surface area (Å²) in [5.74, 6) is 0. The van der Waals surface area contributed by atoms with Crippen LogP contribution in [0.4, 0.5) is 4.79 Å². The Labute approximate surface area is 79.7 Å². The van der Waals surface area contributed by atoms with Crippen molar-refractivity contribution in [3.63, 3.8) is 0 Å². The molecule has 0 aromatic carbocycles. The highest BCUT2D eigenvalue weighted by Crippen LogP contribution is 2.24. The van der Waals surface area contributed by atoms with Crippen LogP contribution in [0.5, 0.6) is 5.19 Å². The van der Waals surface area contributed by atoms with E-state index >= 15 is 0 Å². The number of aromatic nitrogens is 1. The molecule has 0 unspecified atom stereocenters. The van der Waals surface area contributed by atoms with Gasteiger partial charge in [-0.2, -0.15) is 0 Å². The molecule has 1 rings (SSSR count). The van der Waals surface area contributed by atoms with E-state index in [4.69, 9.17) is 11.5 Å². The largest absolute Gasteiger partial charge is 0.411 e. The first-order valence-electron chi connectivity index (χ1n) is 3.77. The molecule has 0 aliphatic carbocycles. The lowest BCUT2D eigenvalue weighted by atomic mass is 10.3. The van der Waals surface area contributed by atoms with Crippen LogP contribution in [0.1, 0.15) is 10.6 Å². The first-order valence-corrected chi connectivity index (χ1v) is 4.58. The fourth-order valence-electron chi connectivity index (χ4n) is 0.900. The van der Waals surface area contributed by atoms with Crippen molar-refractivity contribution in [3.05, 3.63) is 10.6 Å². The van der Waals surface area contributed by atoms with E-state index in [1.165, 1.54) is 11.3 Å². The Balaban J connectivity index is 2.76. The van der Waals surface area contributed by atoms with Gasteiger partial charge in [0.15, 0.2) is 0 Å². The number of aryl methyl sites for hydroxylation is 1. The molecule has 0 aliphatic heterocycles. The van der Waals surface area contributed by atoms with E-state index in [1.807, 2.05) is 6.92 Å². The van der Waals surface area contributed by atoms with Crippen LogP contribution in [0, 0.1) is 6.92 Å². The van der Waals surface area contributed by atoms with E-state index < -0.39 is 6.09 Å². The third-order valence-electron chi connectivity index (χ3n) is 1.44. The topological polar surface area (TPSA) is 91.2 Å². The second-order valence-corrected chi connectivity index (χ2v) is 3.61. The van der Waals surface area contributed by atoms with Crippen molar-refractivity contribution >= 4 is 17.4 Å². The summed E-state index contributed by atoms with van der Waals surface area (Å²) in [6.07, 6.45) is -0.155. The number of carbonyl (C=O) groups is 1. The van der Waals surface area contributed by atoms with Crippen molar-refractivity contribution in [1.82, 2.24) is 4.98 Å². The Morgan fingerprint density at radius 3 is 2.92 bits per heavy atom. The fraction of sp³-hybridized carbons (Fsp3) is 0.429. The first kappa shape index (κ1) is 9.94. The van der Waals surface area contributed by atoms with Crippen LogP contribution >= 0.6 is 11.3 Å². The summed E-state index contributed by atoms with van der Waals surface area (Å²) in [5, 5.41) is 0.286. The number of thiazole rings is 1. The van der Waals surface area contributed by atoms with Crippen LogP contribution in [0.15, 0.2) is 0 Å². The van der Waals surface area contributed by atoms with E-state index in [0.717, 1.165) is 10.6 Å². The molecule has 1 heterocycles. The van der Waals surface area contributed by atoms with Crippen LogP contribution in [0.2, 0.25) is 0 Å². The maximum Gasteiger partial charge on any atom is 0.411 e. The molecule has 0 radical (unpaired) electrons. The van der Waals surface area contributed by atoms with Gasteiger partial charge in [0.2, 0.25) is 0 Å². The average Bonchev–Trinajstić information content (AvgIpc) is 2.31. The van der Waals surface area contributed by atoms with Gasteiger partial charge in [-0.3, -0.25) is 0 Å². The highest BCUT2D eigenvalue weighted by atomic mass is 32.1. The Morgan fingerprint density at radius 2 is 2.38 bits per heavy atom. The molecule has 1 aromatic rings. The Bertz CT molecular complexity index is 311. The molecule has 0 aliphatic rings. The monoisotopic (exact) mass is 201 g/mol. The van der Waals surface area contributed by atoms with Gasteiger partial charge in [-0.15, -0.1) is 0 Å². The van der Waals surface area contributed by atoms with E-state index in [-0.39, 0.29) is 5.19 Å². The molecule has 0 fully saturated rings. The van der Waals surface area contributed by atoms with Crippen molar-refractivity contribution in [2.24, 2.45) is 11.5 Å². The number of nitrogens with two attached hydrogens (primary N) is 2. The van der Waals surface area contributed by atoms with Gasteiger partial charge in [-0.1, -0.05) is 11.3 Å². The zero-order valence-corrected chi connectivity index (χ0v) is 8.06. The number of carbonyl (C=O) groups excluding carboxylic acids is 1. The van der Waals surface area contributed by atoms with Gasteiger partial charge in [0.25, 0.3) is 5.19 Å². The van der Waals surface area contributed by atoms with E-state index in [0.29, 0.717) is 13.0 Å². The number of primary amides is 1. The van der Waals surface area contributed by atoms with Gasteiger partial charge in [0.1, 0.15) is 0 Å². The fourth-order valence-corrected chi connectivity index (χ4v) is 1.71. The predicted molar refractivity (Wildman–Crippen MR) is 49.8 cm³/mol. The summed E-state index contributed by atoms with van der Waals surface area (Å²) in [4.78, 5) is 15.4. The second-order valence-electron chi connectivity index (χ2n) is 2.44. The summed E-state index contributed by atoms with van der Waals surface area (Å²) in [7, 11) is 0. The van der Waals surface area contributed by atoms with Crippen molar-refractivity contribution in [3.8, 4) is 5.19 Å². The van der Waals surface area contributed by atoms with Crippen LogP contribution < -0.4 is 16.2 Å². The third kappa shape index (κ3) is 2.67. The highest BCUT2D eigenvalue weighted by Gasteiger charge is 2.09. The number of amides is 1. The summed E-state index contributed by atoms with van der Waals surface area (Å²) in [5.41, 5.74) is 11.1. The number of nitrogens with zero attached hydrogens (tertiary/aromatic N) is 1. The molecule has 0 spiro atoms. The number of hydrogen-bond donors (Lipinski definition) is 2. The molecular formula is C7H11N3O2S. The maximum atomic E-state index is 10.4. The minimum absolute atomic E-state index is 0.286. The molecule has 0 atom stereocenters.